The van der Waals surface area contributed by atoms with Crippen molar-refractivity contribution < 1.29 is 33.0 Å². The van der Waals surface area contributed by atoms with Crippen LogP contribution in [-0.2, 0) is 19.1 Å². The summed E-state index contributed by atoms with van der Waals surface area (Å²) in [6.07, 6.45) is -0.931. The SMILES string of the molecule is CCOC(=O)N1CCN(C(=O)[C@H](CC(=O)OC(C)(C)C)NC(=O)c2cc(=O)n(-c3cccc(F)c3)[nH]2)CC1. The monoisotopic (exact) mass is 533 g/mol. The molecule has 0 aliphatic carbocycles. The van der Waals surface area contributed by atoms with E-state index in [2.05, 4.69) is 10.4 Å². The van der Waals surface area contributed by atoms with Gasteiger partial charge in [-0.15, -0.1) is 0 Å². The summed E-state index contributed by atoms with van der Waals surface area (Å²) in [5, 5.41) is 5.11. The van der Waals surface area contributed by atoms with Crippen molar-refractivity contribution in [3.63, 3.8) is 0 Å². The summed E-state index contributed by atoms with van der Waals surface area (Å²) in [5.74, 6) is -2.63. The molecule has 13 heteroatoms. The van der Waals surface area contributed by atoms with Crippen molar-refractivity contribution in [2.45, 2.75) is 45.8 Å². The van der Waals surface area contributed by atoms with Crippen LogP contribution in [0.5, 0.6) is 0 Å². The molecule has 1 saturated heterocycles. The lowest BCUT2D eigenvalue weighted by atomic mass is 10.1. The molecule has 0 spiro atoms. The number of piperazine rings is 1. The maximum atomic E-state index is 13.6. The summed E-state index contributed by atoms with van der Waals surface area (Å²) in [5.41, 5.74) is -1.44. The zero-order valence-electron chi connectivity index (χ0n) is 21.8. The molecule has 2 aromatic rings. The molecule has 38 heavy (non-hydrogen) atoms. The lowest BCUT2D eigenvalue weighted by Crippen LogP contribution is -2.56. The van der Waals surface area contributed by atoms with Crippen LogP contribution in [0.4, 0.5) is 9.18 Å². The minimum Gasteiger partial charge on any atom is -0.460 e. The Bertz CT molecular complexity index is 1240. The van der Waals surface area contributed by atoms with Crippen molar-refractivity contribution in [1.82, 2.24) is 24.9 Å². The Balaban J connectivity index is 1.77. The predicted molar refractivity (Wildman–Crippen MR) is 133 cm³/mol. The number of esters is 1. The van der Waals surface area contributed by atoms with Gasteiger partial charge < -0.3 is 24.6 Å². The molecular formula is C25H32FN5O7. The van der Waals surface area contributed by atoms with Gasteiger partial charge in [0.15, 0.2) is 0 Å². The second-order valence-electron chi connectivity index (χ2n) is 9.65. The number of benzene rings is 1. The van der Waals surface area contributed by atoms with Gasteiger partial charge >= 0.3 is 12.1 Å². The summed E-state index contributed by atoms with van der Waals surface area (Å²) < 4.78 is 24.9. The molecule has 0 unspecified atom stereocenters. The van der Waals surface area contributed by atoms with Crippen LogP contribution in [0.25, 0.3) is 5.69 Å². The quantitative estimate of drug-likeness (QED) is 0.513. The van der Waals surface area contributed by atoms with Crippen LogP contribution in [-0.4, -0.2) is 87.9 Å². The number of ether oxygens (including phenoxy) is 2. The molecule has 12 nitrogen and oxygen atoms in total. The largest absolute Gasteiger partial charge is 0.460 e. The first kappa shape index (κ1) is 28.4. The molecule has 0 saturated carbocycles. The smallest absolute Gasteiger partial charge is 0.409 e. The van der Waals surface area contributed by atoms with E-state index in [-0.39, 0.29) is 44.2 Å². The number of aromatic nitrogens is 2. The highest BCUT2D eigenvalue weighted by Gasteiger charge is 2.33. The average molecular weight is 534 g/mol. The van der Waals surface area contributed by atoms with Gasteiger partial charge in [0, 0.05) is 32.2 Å². The summed E-state index contributed by atoms with van der Waals surface area (Å²) in [6, 6.07) is 4.93. The van der Waals surface area contributed by atoms with Crippen LogP contribution in [0.2, 0.25) is 0 Å². The first-order chi connectivity index (χ1) is 17.9. The van der Waals surface area contributed by atoms with Crippen LogP contribution in [0, 0.1) is 5.82 Å². The number of carbonyl (C=O) groups is 4. The third kappa shape index (κ3) is 7.43. The number of hydrogen-bond acceptors (Lipinski definition) is 7. The first-order valence-corrected chi connectivity index (χ1v) is 12.2. The standard InChI is InChI=1S/C25H32FN5O7/c1-5-37-24(36)30-11-9-29(10-12-30)23(35)19(15-21(33)38-25(2,3)4)27-22(34)18-14-20(32)31(28-18)17-8-6-7-16(26)13-17/h6-8,13-14,19,28H,5,9-12,15H2,1-4H3,(H,27,34)/t19-/m0/s1. The fraction of sp³-hybridized carbons (Fsp3) is 0.480. The number of aromatic amines is 1. The van der Waals surface area contributed by atoms with Gasteiger partial charge in [-0.3, -0.25) is 24.3 Å². The van der Waals surface area contributed by atoms with Gasteiger partial charge in [-0.1, -0.05) is 6.07 Å². The van der Waals surface area contributed by atoms with Crippen molar-refractivity contribution >= 4 is 23.9 Å². The molecule has 1 fully saturated rings. The Morgan fingerprint density at radius 3 is 2.34 bits per heavy atom. The van der Waals surface area contributed by atoms with Crippen LogP contribution in [0.3, 0.4) is 0 Å². The summed E-state index contributed by atoms with van der Waals surface area (Å²) in [7, 11) is 0. The number of carbonyl (C=O) groups excluding carboxylic acids is 4. The average Bonchev–Trinajstić information content (AvgIpc) is 3.24. The third-order valence-electron chi connectivity index (χ3n) is 5.54. The van der Waals surface area contributed by atoms with Gasteiger partial charge in [0.05, 0.1) is 18.7 Å². The second kappa shape index (κ2) is 11.9. The van der Waals surface area contributed by atoms with Gasteiger partial charge in [0.2, 0.25) is 5.91 Å². The van der Waals surface area contributed by atoms with Crippen molar-refractivity contribution in [3.8, 4) is 5.69 Å². The molecule has 0 bridgehead atoms. The zero-order valence-corrected chi connectivity index (χ0v) is 21.8. The van der Waals surface area contributed by atoms with E-state index in [9.17, 15) is 28.4 Å². The van der Waals surface area contributed by atoms with E-state index in [0.29, 0.717) is 0 Å². The first-order valence-electron chi connectivity index (χ1n) is 12.2. The Labute approximate surface area is 218 Å². The molecule has 3 rings (SSSR count). The van der Waals surface area contributed by atoms with Crippen molar-refractivity contribution in [2.24, 2.45) is 0 Å². The van der Waals surface area contributed by atoms with Gasteiger partial charge in [-0.05, 0) is 45.9 Å². The van der Waals surface area contributed by atoms with Gasteiger partial charge in [0.25, 0.3) is 11.5 Å². The Kier molecular flexibility index (Phi) is 8.92. The van der Waals surface area contributed by atoms with E-state index in [0.717, 1.165) is 16.8 Å². The van der Waals surface area contributed by atoms with Crippen molar-refractivity contribution in [3.05, 3.63) is 52.2 Å². The number of H-pyrrole nitrogens is 1. The minimum absolute atomic E-state index is 0.172. The number of hydrogen-bond donors (Lipinski definition) is 2. The molecule has 1 atom stereocenters. The topological polar surface area (TPSA) is 143 Å². The van der Waals surface area contributed by atoms with Crippen LogP contribution < -0.4 is 10.9 Å². The lowest BCUT2D eigenvalue weighted by Gasteiger charge is -2.36. The predicted octanol–water partition coefficient (Wildman–Crippen LogP) is 1.44. The number of rotatable bonds is 7. The molecule has 0 radical (unpaired) electrons. The number of nitrogens with zero attached hydrogens (tertiary/aromatic N) is 3. The van der Waals surface area contributed by atoms with Crippen molar-refractivity contribution in [1.29, 1.82) is 0 Å². The van der Waals surface area contributed by atoms with Gasteiger partial charge in [-0.25, -0.2) is 13.9 Å². The summed E-state index contributed by atoms with van der Waals surface area (Å²) in [4.78, 5) is 66.2. The fourth-order valence-electron chi connectivity index (χ4n) is 3.85. The van der Waals surface area contributed by atoms with Gasteiger partial charge in [0.1, 0.15) is 23.2 Å². The van der Waals surface area contributed by atoms with Crippen molar-refractivity contribution in [2.75, 3.05) is 32.8 Å². The van der Waals surface area contributed by atoms with E-state index in [1.807, 2.05) is 0 Å². The highest BCUT2D eigenvalue weighted by atomic mass is 19.1. The molecule has 3 amide bonds. The molecule has 1 aromatic heterocycles. The lowest BCUT2D eigenvalue weighted by molar-refractivity contribution is -0.157. The number of halogens is 1. The summed E-state index contributed by atoms with van der Waals surface area (Å²) >= 11 is 0. The number of nitrogens with one attached hydrogen (secondary N) is 2. The molecule has 1 aliphatic rings. The minimum atomic E-state index is -1.30. The molecule has 2 heterocycles. The van der Waals surface area contributed by atoms with Crippen LogP contribution in [0.15, 0.2) is 35.1 Å². The highest BCUT2D eigenvalue weighted by Crippen LogP contribution is 2.13. The second-order valence-corrected chi connectivity index (χ2v) is 9.65. The van der Waals surface area contributed by atoms with Gasteiger partial charge in [-0.2, -0.15) is 0 Å². The number of amides is 3. The Hall–Kier alpha value is -4.16. The van der Waals surface area contributed by atoms with Crippen LogP contribution in [0.1, 0.15) is 44.6 Å². The van der Waals surface area contributed by atoms with E-state index in [1.54, 1.807) is 27.7 Å². The van der Waals surface area contributed by atoms with E-state index in [1.165, 1.54) is 28.0 Å². The normalized spacial score (nSPS) is 14.6. The molecule has 1 aliphatic heterocycles. The molecular weight excluding hydrogens is 501 g/mol. The maximum absolute atomic E-state index is 13.6. The van der Waals surface area contributed by atoms with E-state index >= 15 is 0 Å². The van der Waals surface area contributed by atoms with E-state index < -0.39 is 53.3 Å². The molecule has 2 N–H and O–H groups in total. The maximum Gasteiger partial charge on any atom is 0.409 e. The Morgan fingerprint density at radius 1 is 1.08 bits per heavy atom. The molecule has 1 aromatic carbocycles. The highest BCUT2D eigenvalue weighted by molar-refractivity contribution is 5.97. The fourth-order valence-corrected chi connectivity index (χ4v) is 3.85. The van der Waals surface area contributed by atoms with Crippen LogP contribution >= 0.6 is 0 Å². The Morgan fingerprint density at radius 2 is 1.74 bits per heavy atom. The van der Waals surface area contributed by atoms with E-state index in [4.69, 9.17) is 9.47 Å². The summed E-state index contributed by atoms with van der Waals surface area (Å²) in [6.45, 7) is 7.74. The molecule has 206 valence electrons. The third-order valence-corrected chi connectivity index (χ3v) is 5.54. The zero-order chi connectivity index (χ0) is 28.0.